The van der Waals surface area contributed by atoms with Gasteiger partial charge in [-0.25, -0.2) is 13.1 Å². The molecule has 7 nitrogen and oxygen atoms in total. The Balaban J connectivity index is 1.50. The highest BCUT2D eigenvalue weighted by Gasteiger charge is 2.47. The molecule has 1 amide bonds. The Hall–Kier alpha value is -2.37. The summed E-state index contributed by atoms with van der Waals surface area (Å²) in [7, 11) is -3.66. The van der Waals surface area contributed by atoms with Gasteiger partial charge in [-0.1, -0.05) is 11.6 Å². The van der Waals surface area contributed by atoms with E-state index in [1.54, 1.807) is 35.3 Å². The second kappa shape index (κ2) is 6.90. The highest BCUT2D eigenvalue weighted by atomic mass is 35.5. The van der Waals surface area contributed by atoms with Crippen LogP contribution >= 0.6 is 11.6 Å². The number of carbonyl (C=O) groups excluding carboxylic acids is 1. The van der Waals surface area contributed by atoms with Crippen molar-refractivity contribution in [2.24, 2.45) is 5.92 Å². The van der Waals surface area contributed by atoms with E-state index >= 15 is 0 Å². The Labute approximate surface area is 168 Å². The Bertz CT molecular complexity index is 1060. The van der Waals surface area contributed by atoms with E-state index in [0.717, 1.165) is 0 Å². The third kappa shape index (κ3) is 3.40. The number of hydrogen-bond acceptors (Lipinski definition) is 5. The van der Waals surface area contributed by atoms with E-state index in [1.807, 2.05) is 0 Å². The van der Waals surface area contributed by atoms with Crippen molar-refractivity contribution in [2.75, 3.05) is 0 Å². The quantitative estimate of drug-likeness (QED) is 0.803. The molecule has 2 saturated carbocycles. The first-order valence-electron chi connectivity index (χ1n) is 9.11. The first-order valence-corrected chi connectivity index (χ1v) is 11.0. The molecular formula is C19H19ClN4O3S. The van der Waals surface area contributed by atoms with Crippen molar-refractivity contribution in [2.45, 2.75) is 47.8 Å². The van der Waals surface area contributed by atoms with Crippen LogP contribution in [0.2, 0.25) is 5.02 Å². The SMILES string of the molecule is N#CC1(NC(=O)[C@@H]2CC[C@@H](S(=O)(=O)c3ccc(-n4cccn4)cc3Cl)C2)CC1. The molecule has 2 aliphatic carbocycles. The van der Waals surface area contributed by atoms with Crippen LogP contribution in [0.3, 0.4) is 0 Å². The molecule has 2 aromatic rings. The highest BCUT2D eigenvalue weighted by molar-refractivity contribution is 7.92. The minimum absolute atomic E-state index is 0.0758. The predicted molar refractivity (Wildman–Crippen MR) is 103 cm³/mol. The molecule has 2 fully saturated rings. The zero-order chi connectivity index (χ0) is 19.9. The van der Waals surface area contributed by atoms with E-state index < -0.39 is 26.5 Å². The second-order valence-corrected chi connectivity index (χ2v) is 10.0. The van der Waals surface area contributed by atoms with Gasteiger partial charge in [0.05, 0.1) is 26.9 Å². The number of nitriles is 1. The summed E-state index contributed by atoms with van der Waals surface area (Å²) in [6, 6.07) is 8.62. The van der Waals surface area contributed by atoms with Gasteiger partial charge in [0, 0.05) is 18.3 Å². The molecule has 1 N–H and O–H groups in total. The van der Waals surface area contributed by atoms with E-state index in [-0.39, 0.29) is 22.2 Å². The van der Waals surface area contributed by atoms with Crippen molar-refractivity contribution in [1.82, 2.24) is 15.1 Å². The van der Waals surface area contributed by atoms with E-state index in [0.29, 0.717) is 31.4 Å². The van der Waals surface area contributed by atoms with Gasteiger partial charge in [-0.15, -0.1) is 0 Å². The molecule has 0 bridgehead atoms. The molecular weight excluding hydrogens is 400 g/mol. The van der Waals surface area contributed by atoms with Crippen LogP contribution in [0.25, 0.3) is 5.69 Å². The van der Waals surface area contributed by atoms with Crippen LogP contribution in [-0.2, 0) is 14.6 Å². The van der Waals surface area contributed by atoms with Crippen molar-refractivity contribution in [1.29, 1.82) is 5.26 Å². The van der Waals surface area contributed by atoms with Gasteiger partial charge in [0.25, 0.3) is 0 Å². The van der Waals surface area contributed by atoms with Crippen molar-refractivity contribution >= 4 is 27.3 Å². The lowest BCUT2D eigenvalue weighted by Crippen LogP contribution is -2.39. The first-order chi connectivity index (χ1) is 13.3. The summed E-state index contributed by atoms with van der Waals surface area (Å²) < 4.78 is 27.8. The minimum atomic E-state index is -3.66. The smallest absolute Gasteiger partial charge is 0.224 e. The van der Waals surface area contributed by atoms with E-state index in [9.17, 15) is 13.2 Å². The molecule has 2 aliphatic rings. The topological polar surface area (TPSA) is 105 Å². The molecule has 0 unspecified atom stereocenters. The van der Waals surface area contributed by atoms with Crippen molar-refractivity contribution in [3.8, 4) is 11.8 Å². The minimum Gasteiger partial charge on any atom is -0.338 e. The maximum absolute atomic E-state index is 13.1. The van der Waals surface area contributed by atoms with Crippen LogP contribution < -0.4 is 5.32 Å². The number of carbonyl (C=O) groups is 1. The van der Waals surface area contributed by atoms with E-state index in [4.69, 9.17) is 16.9 Å². The number of rotatable bonds is 5. The Morgan fingerprint density at radius 2 is 2.14 bits per heavy atom. The fourth-order valence-corrected chi connectivity index (χ4v) is 6.03. The van der Waals surface area contributed by atoms with Crippen molar-refractivity contribution < 1.29 is 13.2 Å². The molecule has 0 radical (unpaired) electrons. The Kier molecular flexibility index (Phi) is 4.68. The van der Waals surface area contributed by atoms with Gasteiger partial charge in [0.2, 0.25) is 5.91 Å². The molecule has 2 atom stereocenters. The zero-order valence-electron chi connectivity index (χ0n) is 15.0. The summed E-state index contributed by atoms with van der Waals surface area (Å²) in [6.07, 6.45) is 5.81. The summed E-state index contributed by atoms with van der Waals surface area (Å²) in [4.78, 5) is 12.5. The van der Waals surface area contributed by atoms with Crippen molar-refractivity contribution in [3.05, 3.63) is 41.7 Å². The van der Waals surface area contributed by atoms with E-state index in [1.165, 1.54) is 6.07 Å². The first kappa shape index (κ1) is 19.0. The second-order valence-electron chi connectivity index (χ2n) is 7.43. The van der Waals surface area contributed by atoms with Gasteiger partial charge >= 0.3 is 0 Å². The summed E-state index contributed by atoms with van der Waals surface area (Å²) >= 11 is 6.29. The van der Waals surface area contributed by atoms with Gasteiger partial charge < -0.3 is 5.32 Å². The normalized spacial score (nSPS) is 23.1. The predicted octanol–water partition coefficient (Wildman–Crippen LogP) is 2.64. The standard InChI is InChI=1S/C19H19ClN4O3S/c20-16-11-14(24-9-1-8-22-24)3-5-17(16)28(26,27)15-4-2-13(10-15)18(25)23-19(12-21)6-7-19/h1,3,5,8-9,11,13,15H,2,4,6-7,10H2,(H,23,25)/t13-,15-/m1/s1. The number of aromatic nitrogens is 2. The monoisotopic (exact) mass is 418 g/mol. The molecule has 146 valence electrons. The fraction of sp³-hybridized carbons (Fsp3) is 0.421. The van der Waals surface area contributed by atoms with Gasteiger partial charge in [-0.05, 0) is 56.4 Å². The number of nitrogens with one attached hydrogen (secondary N) is 1. The number of sulfone groups is 1. The summed E-state index contributed by atoms with van der Waals surface area (Å²) in [6.45, 7) is 0. The summed E-state index contributed by atoms with van der Waals surface area (Å²) in [5.74, 6) is -0.621. The largest absolute Gasteiger partial charge is 0.338 e. The maximum atomic E-state index is 13.1. The van der Waals surface area contributed by atoms with Gasteiger partial charge in [0.1, 0.15) is 5.54 Å². The summed E-state index contributed by atoms with van der Waals surface area (Å²) in [5.41, 5.74) is -0.0662. The van der Waals surface area contributed by atoms with Crippen LogP contribution in [0, 0.1) is 17.2 Å². The number of nitrogens with zero attached hydrogens (tertiary/aromatic N) is 3. The molecule has 1 aromatic carbocycles. The van der Waals surface area contributed by atoms with Gasteiger partial charge in [0.15, 0.2) is 9.84 Å². The van der Waals surface area contributed by atoms with E-state index in [2.05, 4.69) is 16.5 Å². The third-order valence-corrected chi connectivity index (χ3v) is 8.21. The number of hydrogen-bond donors (Lipinski definition) is 1. The zero-order valence-corrected chi connectivity index (χ0v) is 16.6. The number of benzene rings is 1. The molecule has 1 heterocycles. The highest BCUT2D eigenvalue weighted by Crippen LogP contribution is 2.39. The van der Waals surface area contributed by atoms with Crippen LogP contribution in [-0.4, -0.2) is 34.9 Å². The molecule has 0 saturated heterocycles. The average Bonchev–Trinajstić information content (AvgIpc) is 3.09. The van der Waals surface area contributed by atoms with Crippen LogP contribution in [0.15, 0.2) is 41.6 Å². The summed E-state index contributed by atoms with van der Waals surface area (Å²) in [5, 5.41) is 15.5. The van der Waals surface area contributed by atoms with Gasteiger partial charge in [-0.3, -0.25) is 4.79 Å². The average molecular weight is 419 g/mol. The van der Waals surface area contributed by atoms with Crippen LogP contribution in [0.1, 0.15) is 32.1 Å². The maximum Gasteiger partial charge on any atom is 0.224 e. The fourth-order valence-electron chi connectivity index (χ4n) is 3.65. The number of halogens is 1. The molecule has 0 spiro atoms. The lowest BCUT2D eigenvalue weighted by Gasteiger charge is -2.16. The van der Waals surface area contributed by atoms with Gasteiger partial charge in [-0.2, -0.15) is 10.4 Å². The molecule has 4 rings (SSSR count). The molecule has 9 heteroatoms. The number of amides is 1. The van der Waals surface area contributed by atoms with Crippen molar-refractivity contribution in [3.63, 3.8) is 0 Å². The lowest BCUT2D eigenvalue weighted by molar-refractivity contribution is -0.125. The van der Waals surface area contributed by atoms with Crippen LogP contribution in [0.4, 0.5) is 0 Å². The Morgan fingerprint density at radius 3 is 2.75 bits per heavy atom. The van der Waals surface area contributed by atoms with Crippen LogP contribution in [0.5, 0.6) is 0 Å². The Morgan fingerprint density at radius 1 is 1.36 bits per heavy atom. The molecule has 28 heavy (non-hydrogen) atoms. The lowest BCUT2D eigenvalue weighted by atomic mass is 10.1. The molecule has 0 aliphatic heterocycles. The third-order valence-electron chi connectivity index (χ3n) is 5.51. The molecule has 1 aromatic heterocycles.